The van der Waals surface area contributed by atoms with Crippen molar-refractivity contribution in [1.82, 2.24) is 4.72 Å². The van der Waals surface area contributed by atoms with Gasteiger partial charge in [0.25, 0.3) is 0 Å². The Bertz CT molecular complexity index is 796. The van der Waals surface area contributed by atoms with E-state index in [4.69, 9.17) is 5.73 Å². The molecular formula is C19H26N2O4S. The lowest BCUT2D eigenvalue weighted by atomic mass is 9.83. The second-order valence-corrected chi connectivity index (χ2v) is 9.16. The van der Waals surface area contributed by atoms with Gasteiger partial charge in [-0.1, -0.05) is 6.07 Å². The van der Waals surface area contributed by atoms with E-state index in [1.807, 2.05) is 0 Å². The third-order valence-corrected chi connectivity index (χ3v) is 6.89. The van der Waals surface area contributed by atoms with Gasteiger partial charge in [-0.25, -0.2) is 13.1 Å². The van der Waals surface area contributed by atoms with Gasteiger partial charge in [0.15, 0.2) is 0 Å². The van der Waals surface area contributed by atoms with Gasteiger partial charge < -0.3 is 5.73 Å². The summed E-state index contributed by atoms with van der Waals surface area (Å²) in [5.74, 6) is 0.662. The van der Waals surface area contributed by atoms with E-state index >= 15 is 0 Å². The highest BCUT2D eigenvalue weighted by molar-refractivity contribution is 7.89. The summed E-state index contributed by atoms with van der Waals surface area (Å²) < 4.78 is 28.1. The number of sulfonamides is 1. The normalized spacial score (nSPS) is 23.0. The monoisotopic (exact) mass is 378 g/mol. The first-order valence-corrected chi connectivity index (χ1v) is 10.7. The van der Waals surface area contributed by atoms with Crippen molar-refractivity contribution in [2.75, 3.05) is 6.54 Å². The minimum atomic E-state index is -3.59. The molecule has 1 aromatic rings. The molecule has 0 bridgehead atoms. The Morgan fingerprint density at radius 2 is 1.81 bits per heavy atom. The van der Waals surface area contributed by atoms with Crippen LogP contribution in [0.3, 0.4) is 0 Å². The van der Waals surface area contributed by atoms with Crippen molar-refractivity contribution in [2.24, 2.45) is 11.7 Å². The molecule has 26 heavy (non-hydrogen) atoms. The van der Waals surface area contributed by atoms with E-state index in [1.54, 1.807) is 18.2 Å². The number of rotatable bonds is 7. The summed E-state index contributed by atoms with van der Waals surface area (Å²) in [7, 11) is -3.59. The first kappa shape index (κ1) is 19.2. The van der Waals surface area contributed by atoms with Gasteiger partial charge in [0.05, 0.1) is 4.90 Å². The minimum absolute atomic E-state index is 0.101. The van der Waals surface area contributed by atoms with E-state index in [0.717, 1.165) is 36.8 Å². The fourth-order valence-electron chi connectivity index (χ4n) is 3.95. The lowest BCUT2D eigenvalue weighted by Crippen LogP contribution is -2.37. The molecule has 0 amide bonds. The van der Waals surface area contributed by atoms with Crippen LogP contribution in [-0.2, 0) is 32.5 Å². The Morgan fingerprint density at radius 3 is 2.50 bits per heavy atom. The summed E-state index contributed by atoms with van der Waals surface area (Å²) in [6, 6.07) is 4.85. The van der Waals surface area contributed by atoms with Crippen LogP contribution in [0.2, 0.25) is 0 Å². The van der Waals surface area contributed by atoms with E-state index < -0.39 is 10.0 Å². The van der Waals surface area contributed by atoms with Crippen LogP contribution < -0.4 is 10.5 Å². The van der Waals surface area contributed by atoms with Crippen molar-refractivity contribution in [1.29, 1.82) is 0 Å². The number of benzene rings is 1. The van der Waals surface area contributed by atoms with Crippen LogP contribution in [-0.4, -0.2) is 32.6 Å². The summed E-state index contributed by atoms with van der Waals surface area (Å²) in [5.41, 5.74) is 7.15. The van der Waals surface area contributed by atoms with Gasteiger partial charge in [0.2, 0.25) is 10.0 Å². The molecular weight excluding hydrogens is 352 g/mol. The maximum absolute atomic E-state index is 12.7. The fraction of sp³-hybridized carbons (Fsp3) is 0.579. The number of hydrogen-bond donors (Lipinski definition) is 2. The molecule has 2 aliphatic rings. The molecule has 0 saturated heterocycles. The largest absolute Gasteiger partial charge is 0.330 e. The third kappa shape index (κ3) is 4.58. The van der Waals surface area contributed by atoms with Crippen molar-refractivity contribution in [3.8, 4) is 0 Å². The van der Waals surface area contributed by atoms with Crippen LogP contribution in [0, 0.1) is 5.92 Å². The maximum atomic E-state index is 12.7. The van der Waals surface area contributed by atoms with Gasteiger partial charge in [0, 0.05) is 31.7 Å². The molecule has 0 heterocycles. The number of carbonyl (C=O) groups excluding carboxylic acids is 2. The summed E-state index contributed by atoms with van der Waals surface area (Å²) in [6.07, 6.45) is 4.87. The first-order valence-electron chi connectivity index (χ1n) is 9.25. The molecule has 1 aromatic carbocycles. The Kier molecular flexibility index (Phi) is 5.89. The van der Waals surface area contributed by atoms with Crippen LogP contribution in [0.15, 0.2) is 23.1 Å². The van der Waals surface area contributed by atoms with Gasteiger partial charge in [-0.05, 0) is 61.4 Å². The van der Waals surface area contributed by atoms with Gasteiger partial charge in [-0.2, -0.15) is 0 Å². The molecule has 0 aliphatic heterocycles. The zero-order valence-electron chi connectivity index (χ0n) is 14.9. The molecule has 0 radical (unpaired) electrons. The summed E-state index contributed by atoms with van der Waals surface area (Å²) in [4.78, 5) is 23.5. The number of carbonyl (C=O) groups is 2. The van der Waals surface area contributed by atoms with Crippen LogP contribution >= 0.6 is 0 Å². The van der Waals surface area contributed by atoms with Crippen molar-refractivity contribution >= 4 is 21.6 Å². The second-order valence-electron chi connectivity index (χ2n) is 7.44. The summed E-state index contributed by atoms with van der Waals surface area (Å²) in [6.45, 7) is 0.389. The van der Waals surface area contributed by atoms with Gasteiger partial charge in [-0.3, -0.25) is 9.59 Å². The van der Waals surface area contributed by atoms with Crippen molar-refractivity contribution < 1.29 is 18.0 Å². The van der Waals surface area contributed by atoms with E-state index in [-0.39, 0.29) is 22.5 Å². The van der Waals surface area contributed by atoms with Crippen LogP contribution in [0.4, 0.5) is 0 Å². The zero-order chi connectivity index (χ0) is 18.7. The minimum Gasteiger partial charge on any atom is -0.330 e. The lowest BCUT2D eigenvalue weighted by Gasteiger charge is -2.28. The van der Waals surface area contributed by atoms with Crippen LogP contribution in [0.25, 0.3) is 0 Å². The third-order valence-electron chi connectivity index (χ3n) is 5.37. The lowest BCUT2D eigenvalue weighted by molar-refractivity contribution is -0.120. The van der Waals surface area contributed by atoms with Gasteiger partial charge >= 0.3 is 0 Å². The Hall–Kier alpha value is -1.57. The molecule has 6 nitrogen and oxygen atoms in total. The smallest absolute Gasteiger partial charge is 0.240 e. The molecule has 142 valence electrons. The van der Waals surface area contributed by atoms with Crippen LogP contribution in [0.5, 0.6) is 0 Å². The molecule has 2 aliphatic carbocycles. The highest BCUT2D eigenvalue weighted by Crippen LogP contribution is 2.29. The molecule has 3 N–H and O–H groups in total. The Balaban J connectivity index is 1.57. The predicted octanol–water partition coefficient (Wildman–Crippen LogP) is 1.50. The first-order chi connectivity index (χ1) is 12.4. The molecule has 0 spiro atoms. The molecule has 3 rings (SSSR count). The topological polar surface area (TPSA) is 106 Å². The average molecular weight is 378 g/mol. The number of ketones is 2. The summed E-state index contributed by atoms with van der Waals surface area (Å²) in [5, 5.41) is 0. The number of Topliss-reactive ketones (excluding diaryl/α,β-unsaturated/α-hetero) is 2. The molecule has 0 unspecified atom stereocenters. The summed E-state index contributed by atoms with van der Waals surface area (Å²) >= 11 is 0. The Morgan fingerprint density at radius 1 is 1.12 bits per heavy atom. The van der Waals surface area contributed by atoms with E-state index in [0.29, 0.717) is 38.1 Å². The van der Waals surface area contributed by atoms with Crippen molar-refractivity contribution in [3.05, 3.63) is 29.3 Å². The van der Waals surface area contributed by atoms with E-state index in [9.17, 15) is 18.0 Å². The van der Waals surface area contributed by atoms with Crippen molar-refractivity contribution in [3.63, 3.8) is 0 Å². The quantitative estimate of drug-likeness (QED) is 0.748. The fourth-order valence-corrected chi connectivity index (χ4v) is 5.31. The SMILES string of the molecule is NCCC(=O)CC1CCC(NS(=O)(=O)c2ccc3c(c2)CC(=O)C3)CC1. The molecule has 0 aromatic heterocycles. The van der Waals surface area contributed by atoms with Crippen LogP contribution in [0.1, 0.15) is 49.7 Å². The Labute approximate surface area is 154 Å². The van der Waals surface area contributed by atoms with E-state index in [2.05, 4.69) is 4.72 Å². The standard InChI is InChI=1S/C19H26N2O4S/c20-8-7-17(22)9-13-1-4-16(5-2-13)21-26(24,25)19-6-3-14-10-18(23)11-15(14)12-19/h3,6,12-13,16,21H,1-2,4-5,7-11,20H2. The van der Waals surface area contributed by atoms with E-state index in [1.165, 1.54) is 0 Å². The number of nitrogens with one attached hydrogen (secondary N) is 1. The molecule has 1 fully saturated rings. The molecule has 7 heteroatoms. The maximum Gasteiger partial charge on any atom is 0.240 e. The molecule has 0 atom stereocenters. The number of nitrogens with two attached hydrogens (primary N) is 1. The number of hydrogen-bond acceptors (Lipinski definition) is 5. The van der Waals surface area contributed by atoms with Gasteiger partial charge in [-0.15, -0.1) is 0 Å². The highest BCUT2D eigenvalue weighted by Gasteiger charge is 2.28. The van der Waals surface area contributed by atoms with Crippen molar-refractivity contribution in [2.45, 2.75) is 62.3 Å². The molecule has 1 saturated carbocycles. The average Bonchev–Trinajstić information content (AvgIpc) is 2.95. The highest BCUT2D eigenvalue weighted by atomic mass is 32.2. The second kappa shape index (κ2) is 7.98. The predicted molar refractivity (Wildman–Crippen MR) is 98.2 cm³/mol. The van der Waals surface area contributed by atoms with Gasteiger partial charge in [0.1, 0.15) is 11.6 Å². The zero-order valence-corrected chi connectivity index (χ0v) is 15.7. The number of fused-ring (bicyclic) bond motifs is 1.